The Morgan fingerprint density at radius 2 is 1.72 bits per heavy atom. The number of benzene rings is 2. The molecule has 0 aliphatic heterocycles. The van der Waals surface area contributed by atoms with E-state index in [4.69, 9.17) is 0 Å². The normalized spacial score (nSPS) is 11.1. The second-order valence-corrected chi connectivity index (χ2v) is 7.92. The molecule has 4 rings (SSSR count). The minimum Gasteiger partial charge on any atom is -0.265 e. The summed E-state index contributed by atoms with van der Waals surface area (Å²) in [6, 6.07) is 19.2. The summed E-state index contributed by atoms with van der Waals surface area (Å²) in [6.07, 6.45) is 3.63. The Hall–Kier alpha value is -2.21. The summed E-state index contributed by atoms with van der Waals surface area (Å²) in [5.41, 5.74) is 4.73. The van der Waals surface area contributed by atoms with Crippen LogP contribution in [-0.2, 0) is 6.54 Å². The molecular weight excluding hydrogens is 346 g/mol. The first-order chi connectivity index (χ1) is 12.3. The fourth-order valence-corrected chi connectivity index (χ4v) is 4.13. The van der Waals surface area contributed by atoms with Crippen LogP contribution < -0.4 is 4.72 Å². The Morgan fingerprint density at radius 3 is 2.52 bits per heavy atom. The summed E-state index contributed by atoms with van der Waals surface area (Å²) in [4.78, 5) is 9.82. The van der Waals surface area contributed by atoms with E-state index in [2.05, 4.69) is 64.1 Å². The van der Waals surface area contributed by atoms with E-state index < -0.39 is 0 Å². The van der Waals surface area contributed by atoms with Gasteiger partial charge in [0.15, 0.2) is 0 Å². The molecule has 124 valence electrons. The van der Waals surface area contributed by atoms with Crippen molar-refractivity contribution < 1.29 is 0 Å². The number of nitrogens with one attached hydrogen (secondary N) is 1. The van der Waals surface area contributed by atoms with E-state index in [1.165, 1.54) is 26.3 Å². The van der Waals surface area contributed by atoms with E-state index in [-0.39, 0.29) is 0 Å². The van der Waals surface area contributed by atoms with Gasteiger partial charge in [-0.25, -0.2) is 4.98 Å². The summed E-state index contributed by atoms with van der Waals surface area (Å²) in [5.74, 6) is 0. The lowest BCUT2D eigenvalue weighted by Gasteiger charge is -2.06. The van der Waals surface area contributed by atoms with Gasteiger partial charge in [0.25, 0.3) is 0 Å². The third kappa shape index (κ3) is 3.90. The molecule has 0 aliphatic carbocycles. The van der Waals surface area contributed by atoms with Crippen LogP contribution in [-0.4, -0.2) is 9.97 Å². The van der Waals surface area contributed by atoms with Gasteiger partial charge in [-0.2, -0.15) is 0 Å². The van der Waals surface area contributed by atoms with Crippen LogP contribution in [0.25, 0.3) is 21.3 Å². The predicted octanol–water partition coefficient (Wildman–Crippen LogP) is 5.46. The number of hydrogen-bond donors (Lipinski definition) is 1. The highest BCUT2D eigenvalue weighted by atomic mass is 32.2. The van der Waals surface area contributed by atoms with Crippen molar-refractivity contribution in [3.05, 3.63) is 77.6 Å². The van der Waals surface area contributed by atoms with E-state index in [0.29, 0.717) is 0 Å². The Labute approximate surface area is 155 Å². The van der Waals surface area contributed by atoms with Crippen LogP contribution in [0, 0.1) is 6.92 Å². The first kappa shape index (κ1) is 16.3. The molecule has 2 heterocycles. The largest absolute Gasteiger partial charge is 0.265 e. The van der Waals surface area contributed by atoms with Crippen molar-refractivity contribution >= 4 is 33.5 Å². The number of nitrogens with zero attached hydrogens (tertiary/aromatic N) is 2. The van der Waals surface area contributed by atoms with Crippen LogP contribution in [0.4, 0.5) is 0 Å². The van der Waals surface area contributed by atoms with Crippen molar-refractivity contribution in [2.45, 2.75) is 18.4 Å². The van der Waals surface area contributed by atoms with Crippen LogP contribution >= 0.6 is 23.3 Å². The minimum absolute atomic E-state index is 0.814. The van der Waals surface area contributed by atoms with E-state index in [9.17, 15) is 0 Å². The smallest absolute Gasteiger partial charge is 0.0907 e. The maximum absolute atomic E-state index is 4.59. The highest BCUT2D eigenvalue weighted by Crippen LogP contribution is 2.28. The second-order valence-electron chi connectivity index (χ2n) is 5.72. The molecule has 0 radical (unpaired) electrons. The molecule has 0 aliphatic rings. The zero-order valence-corrected chi connectivity index (χ0v) is 15.4. The zero-order chi connectivity index (χ0) is 17.1. The molecule has 0 amide bonds. The number of fused-ring (bicyclic) bond motifs is 1. The summed E-state index contributed by atoms with van der Waals surface area (Å²) >= 11 is 3.38. The van der Waals surface area contributed by atoms with Crippen molar-refractivity contribution in [3.8, 4) is 11.1 Å². The lowest BCUT2D eigenvalue weighted by atomic mass is 10.1. The van der Waals surface area contributed by atoms with Gasteiger partial charge in [-0.1, -0.05) is 18.2 Å². The van der Waals surface area contributed by atoms with Gasteiger partial charge in [-0.15, -0.1) is 11.3 Å². The number of rotatable bonds is 5. The van der Waals surface area contributed by atoms with Crippen LogP contribution in [0.15, 0.2) is 71.9 Å². The Balaban J connectivity index is 1.43. The van der Waals surface area contributed by atoms with Crippen molar-refractivity contribution in [2.24, 2.45) is 0 Å². The summed E-state index contributed by atoms with van der Waals surface area (Å²) in [7, 11) is 0. The molecule has 1 N–H and O–H groups in total. The molecule has 0 saturated carbocycles. The van der Waals surface area contributed by atoms with Gasteiger partial charge in [0, 0.05) is 23.8 Å². The highest BCUT2D eigenvalue weighted by Gasteiger charge is 2.04. The van der Waals surface area contributed by atoms with Gasteiger partial charge in [0.2, 0.25) is 0 Å². The average molecular weight is 364 g/mol. The van der Waals surface area contributed by atoms with Gasteiger partial charge >= 0.3 is 0 Å². The highest BCUT2D eigenvalue weighted by molar-refractivity contribution is 7.97. The van der Waals surface area contributed by atoms with E-state index in [1.807, 2.05) is 24.5 Å². The molecular formula is C20H17N3S2. The second kappa shape index (κ2) is 7.35. The molecule has 0 saturated heterocycles. The summed E-state index contributed by atoms with van der Waals surface area (Å²) in [5, 5.41) is 1.11. The first-order valence-corrected chi connectivity index (χ1v) is 9.67. The van der Waals surface area contributed by atoms with Crippen molar-refractivity contribution in [1.29, 1.82) is 0 Å². The van der Waals surface area contributed by atoms with E-state index in [1.54, 1.807) is 23.3 Å². The quantitative estimate of drug-likeness (QED) is 0.478. The standard InChI is InChI=1S/C20H17N3S2/c1-14-23-19-12-17(4-7-20(19)24-14)16-2-5-18(6-3-16)25-22-13-15-8-10-21-11-9-15/h2-12,22H,13H2,1H3. The monoisotopic (exact) mass is 363 g/mol. The molecule has 5 heteroatoms. The zero-order valence-electron chi connectivity index (χ0n) is 13.8. The van der Waals surface area contributed by atoms with Crippen molar-refractivity contribution in [3.63, 3.8) is 0 Å². The van der Waals surface area contributed by atoms with Crippen molar-refractivity contribution in [1.82, 2.24) is 14.7 Å². The van der Waals surface area contributed by atoms with Gasteiger partial charge in [-0.3, -0.25) is 9.71 Å². The lowest BCUT2D eigenvalue weighted by molar-refractivity contribution is 0.969. The average Bonchev–Trinajstić information content (AvgIpc) is 3.02. The van der Waals surface area contributed by atoms with E-state index >= 15 is 0 Å². The number of thiazole rings is 1. The van der Waals surface area contributed by atoms with E-state index in [0.717, 1.165) is 17.1 Å². The molecule has 2 aromatic carbocycles. The summed E-state index contributed by atoms with van der Waals surface area (Å²) in [6.45, 7) is 2.87. The van der Waals surface area contributed by atoms with Crippen LogP contribution in [0.5, 0.6) is 0 Å². The van der Waals surface area contributed by atoms with Crippen LogP contribution in [0.1, 0.15) is 10.6 Å². The number of pyridine rings is 1. The number of aryl methyl sites for hydroxylation is 1. The molecule has 4 aromatic rings. The molecule has 0 atom stereocenters. The van der Waals surface area contributed by atoms with Gasteiger partial charge < -0.3 is 0 Å². The van der Waals surface area contributed by atoms with Gasteiger partial charge in [0.05, 0.1) is 15.2 Å². The SMILES string of the molecule is Cc1nc2cc(-c3ccc(SNCc4ccncc4)cc3)ccc2s1. The molecule has 0 spiro atoms. The van der Waals surface area contributed by atoms with Crippen LogP contribution in [0.2, 0.25) is 0 Å². The molecule has 25 heavy (non-hydrogen) atoms. The summed E-state index contributed by atoms with van der Waals surface area (Å²) < 4.78 is 4.63. The Kier molecular flexibility index (Phi) is 4.78. The fourth-order valence-electron chi connectivity index (χ4n) is 2.64. The third-order valence-corrected chi connectivity index (χ3v) is 5.65. The van der Waals surface area contributed by atoms with Gasteiger partial charge in [0.1, 0.15) is 0 Å². The molecule has 0 fully saturated rings. The number of hydrogen-bond acceptors (Lipinski definition) is 5. The predicted molar refractivity (Wildman–Crippen MR) is 107 cm³/mol. The van der Waals surface area contributed by atoms with Crippen molar-refractivity contribution in [2.75, 3.05) is 0 Å². The molecule has 3 nitrogen and oxygen atoms in total. The maximum atomic E-state index is 4.59. The molecule has 0 bridgehead atoms. The van der Waals surface area contributed by atoms with Gasteiger partial charge in [-0.05, 0) is 72.0 Å². The molecule has 0 unspecified atom stereocenters. The Bertz CT molecular complexity index is 979. The third-order valence-electron chi connectivity index (χ3n) is 3.90. The number of aromatic nitrogens is 2. The minimum atomic E-state index is 0.814. The maximum Gasteiger partial charge on any atom is 0.0907 e. The Morgan fingerprint density at radius 1 is 0.960 bits per heavy atom. The first-order valence-electron chi connectivity index (χ1n) is 8.04. The fraction of sp³-hybridized carbons (Fsp3) is 0.100. The topological polar surface area (TPSA) is 37.8 Å². The molecule has 2 aromatic heterocycles. The lowest BCUT2D eigenvalue weighted by Crippen LogP contribution is -2.02. The van der Waals surface area contributed by atoms with Crippen LogP contribution in [0.3, 0.4) is 0 Å².